The van der Waals surface area contributed by atoms with Crippen LogP contribution in [-0.2, 0) is 6.54 Å². The minimum absolute atomic E-state index is 0.776. The van der Waals surface area contributed by atoms with Crippen molar-refractivity contribution in [1.29, 1.82) is 0 Å². The predicted molar refractivity (Wildman–Crippen MR) is 65.1 cm³/mol. The topological polar surface area (TPSA) is 24.5 Å². The summed E-state index contributed by atoms with van der Waals surface area (Å²) in [6.07, 6.45) is 2.61. The number of anilines is 1. The van der Waals surface area contributed by atoms with Crippen molar-refractivity contribution >= 4 is 5.69 Å². The lowest BCUT2D eigenvalue weighted by molar-refractivity contribution is 0.326. The Hall–Kier alpha value is -1.22. The van der Waals surface area contributed by atoms with Gasteiger partial charge < -0.3 is 15.0 Å². The SMILES string of the molecule is c1cc2c(c(N3CCCC3)c1)OCCNC2. The van der Waals surface area contributed by atoms with Crippen molar-refractivity contribution in [2.45, 2.75) is 19.4 Å². The Bertz CT molecular complexity index is 372. The van der Waals surface area contributed by atoms with Crippen molar-refractivity contribution in [3.63, 3.8) is 0 Å². The number of benzene rings is 1. The van der Waals surface area contributed by atoms with Crippen LogP contribution in [0.5, 0.6) is 5.75 Å². The highest BCUT2D eigenvalue weighted by Gasteiger charge is 2.19. The molecular formula is C13H18N2O. The highest BCUT2D eigenvalue weighted by atomic mass is 16.5. The molecule has 16 heavy (non-hydrogen) atoms. The first-order valence-corrected chi connectivity index (χ1v) is 6.15. The van der Waals surface area contributed by atoms with Crippen LogP contribution in [0.15, 0.2) is 18.2 Å². The largest absolute Gasteiger partial charge is 0.490 e. The van der Waals surface area contributed by atoms with E-state index >= 15 is 0 Å². The molecule has 0 amide bonds. The van der Waals surface area contributed by atoms with Crippen molar-refractivity contribution in [3.8, 4) is 5.75 Å². The molecule has 0 bridgehead atoms. The first-order chi connectivity index (χ1) is 7.95. The van der Waals surface area contributed by atoms with Crippen LogP contribution in [0, 0.1) is 0 Å². The van der Waals surface area contributed by atoms with E-state index in [1.165, 1.54) is 37.2 Å². The zero-order valence-electron chi connectivity index (χ0n) is 9.54. The van der Waals surface area contributed by atoms with Crippen LogP contribution in [0.1, 0.15) is 18.4 Å². The van der Waals surface area contributed by atoms with E-state index in [1.54, 1.807) is 0 Å². The van der Waals surface area contributed by atoms with Gasteiger partial charge >= 0.3 is 0 Å². The lowest BCUT2D eigenvalue weighted by atomic mass is 10.1. The summed E-state index contributed by atoms with van der Waals surface area (Å²) in [7, 11) is 0. The number of hydrogen-bond acceptors (Lipinski definition) is 3. The summed E-state index contributed by atoms with van der Waals surface area (Å²) in [5, 5.41) is 3.38. The van der Waals surface area contributed by atoms with Crippen molar-refractivity contribution in [1.82, 2.24) is 5.32 Å². The molecule has 3 heteroatoms. The Morgan fingerprint density at radius 3 is 2.94 bits per heavy atom. The van der Waals surface area contributed by atoms with Crippen LogP contribution >= 0.6 is 0 Å². The van der Waals surface area contributed by atoms with E-state index in [-0.39, 0.29) is 0 Å². The first-order valence-electron chi connectivity index (χ1n) is 6.15. The third-order valence-electron chi connectivity index (χ3n) is 3.36. The Labute approximate surface area is 96.4 Å². The Kier molecular flexibility index (Phi) is 2.70. The van der Waals surface area contributed by atoms with Gasteiger partial charge in [0.2, 0.25) is 0 Å². The molecule has 1 N–H and O–H groups in total. The Morgan fingerprint density at radius 1 is 1.19 bits per heavy atom. The minimum Gasteiger partial charge on any atom is -0.490 e. The van der Waals surface area contributed by atoms with Gasteiger partial charge in [-0.05, 0) is 18.9 Å². The smallest absolute Gasteiger partial charge is 0.147 e. The van der Waals surface area contributed by atoms with Gasteiger partial charge in [-0.1, -0.05) is 12.1 Å². The van der Waals surface area contributed by atoms with Gasteiger partial charge in [0, 0.05) is 31.7 Å². The van der Waals surface area contributed by atoms with E-state index in [2.05, 4.69) is 28.4 Å². The molecule has 1 aromatic carbocycles. The normalized spacial score (nSPS) is 20.1. The summed E-state index contributed by atoms with van der Waals surface area (Å²) < 4.78 is 5.89. The maximum Gasteiger partial charge on any atom is 0.147 e. The van der Waals surface area contributed by atoms with Crippen LogP contribution in [-0.4, -0.2) is 26.2 Å². The van der Waals surface area contributed by atoms with Crippen LogP contribution in [0.25, 0.3) is 0 Å². The van der Waals surface area contributed by atoms with Gasteiger partial charge in [-0.2, -0.15) is 0 Å². The molecular weight excluding hydrogens is 200 g/mol. The fourth-order valence-corrected chi connectivity index (χ4v) is 2.53. The summed E-state index contributed by atoms with van der Waals surface area (Å²) in [5.41, 5.74) is 2.58. The molecule has 2 aliphatic rings. The zero-order valence-corrected chi connectivity index (χ0v) is 9.54. The Morgan fingerprint density at radius 2 is 2.06 bits per heavy atom. The molecule has 2 aliphatic heterocycles. The molecule has 0 aliphatic carbocycles. The van der Waals surface area contributed by atoms with Crippen molar-refractivity contribution < 1.29 is 4.74 Å². The molecule has 0 aromatic heterocycles. The molecule has 3 rings (SSSR count). The van der Waals surface area contributed by atoms with Gasteiger partial charge in [-0.3, -0.25) is 0 Å². The second kappa shape index (κ2) is 4.34. The molecule has 86 valence electrons. The number of fused-ring (bicyclic) bond motifs is 1. The quantitative estimate of drug-likeness (QED) is 0.777. The number of para-hydroxylation sites is 1. The lowest BCUT2D eigenvalue weighted by Gasteiger charge is -2.22. The second-order valence-corrected chi connectivity index (χ2v) is 4.48. The molecule has 0 atom stereocenters. The van der Waals surface area contributed by atoms with Gasteiger partial charge in [-0.25, -0.2) is 0 Å². The molecule has 3 nitrogen and oxygen atoms in total. The summed E-state index contributed by atoms with van der Waals surface area (Å²) in [6, 6.07) is 6.49. The number of nitrogens with one attached hydrogen (secondary N) is 1. The van der Waals surface area contributed by atoms with E-state index in [1.807, 2.05) is 0 Å². The summed E-state index contributed by atoms with van der Waals surface area (Å²) >= 11 is 0. The number of hydrogen-bond donors (Lipinski definition) is 1. The number of nitrogens with zero attached hydrogens (tertiary/aromatic N) is 1. The van der Waals surface area contributed by atoms with E-state index in [0.29, 0.717) is 0 Å². The van der Waals surface area contributed by atoms with E-state index in [0.717, 1.165) is 25.4 Å². The number of ether oxygens (including phenoxy) is 1. The van der Waals surface area contributed by atoms with Crippen molar-refractivity contribution in [2.24, 2.45) is 0 Å². The first kappa shape index (κ1) is 9.97. The zero-order chi connectivity index (χ0) is 10.8. The Balaban J connectivity index is 1.97. The van der Waals surface area contributed by atoms with Crippen molar-refractivity contribution in [3.05, 3.63) is 23.8 Å². The minimum atomic E-state index is 0.776. The lowest BCUT2D eigenvalue weighted by Crippen LogP contribution is -2.19. The monoisotopic (exact) mass is 218 g/mol. The molecule has 1 saturated heterocycles. The van der Waals surface area contributed by atoms with Crippen LogP contribution in [0.3, 0.4) is 0 Å². The average Bonchev–Trinajstić information content (AvgIpc) is 2.73. The average molecular weight is 218 g/mol. The van der Waals surface area contributed by atoms with Gasteiger partial charge in [0.1, 0.15) is 12.4 Å². The molecule has 0 unspecified atom stereocenters. The third-order valence-corrected chi connectivity index (χ3v) is 3.36. The number of rotatable bonds is 1. The van der Waals surface area contributed by atoms with Crippen molar-refractivity contribution in [2.75, 3.05) is 31.1 Å². The van der Waals surface area contributed by atoms with E-state index in [4.69, 9.17) is 4.74 Å². The molecule has 1 fully saturated rings. The molecule has 2 heterocycles. The van der Waals surface area contributed by atoms with Gasteiger partial charge in [0.05, 0.1) is 5.69 Å². The predicted octanol–water partition coefficient (Wildman–Crippen LogP) is 1.77. The van der Waals surface area contributed by atoms with Gasteiger partial charge in [0.25, 0.3) is 0 Å². The summed E-state index contributed by atoms with van der Waals surface area (Å²) in [4.78, 5) is 2.45. The molecule has 0 saturated carbocycles. The van der Waals surface area contributed by atoms with Gasteiger partial charge in [0.15, 0.2) is 0 Å². The fraction of sp³-hybridized carbons (Fsp3) is 0.538. The summed E-state index contributed by atoms with van der Waals surface area (Å²) in [6.45, 7) is 4.99. The maximum absolute atomic E-state index is 5.89. The molecule has 0 radical (unpaired) electrons. The van der Waals surface area contributed by atoms with E-state index < -0.39 is 0 Å². The summed E-state index contributed by atoms with van der Waals surface area (Å²) in [5.74, 6) is 1.11. The van der Waals surface area contributed by atoms with Gasteiger partial charge in [-0.15, -0.1) is 0 Å². The third kappa shape index (κ3) is 1.76. The second-order valence-electron chi connectivity index (χ2n) is 4.48. The molecule has 0 spiro atoms. The van der Waals surface area contributed by atoms with Crippen LogP contribution in [0.4, 0.5) is 5.69 Å². The fourth-order valence-electron chi connectivity index (χ4n) is 2.53. The molecule has 1 aromatic rings. The highest BCUT2D eigenvalue weighted by molar-refractivity contribution is 5.62. The van der Waals surface area contributed by atoms with Crippen LogP contribution < -0.4 is 15.0 Å². The highest BCUT2D eigenvalue weighted by Crippen LogP contribution is 2.34. The van der Waals surface area contributed by atoms with Crippen LogP contribution in [0.2, 0.25) is 0 Å². The maximum atomic E-state index is 5.89. The van der Waals surface area contributed by atoms with E-state index in [9.17, 15) is 0 Å². The standard InChI is InChI=1S/C13H18N2O/c1-2-8-15(7-1)12-5-3-4-11-10-14-6-9-16-13(11)12/h3-5,14H,1-2,6-10H2.